The molecule has 1 N–H and O–H groups in total. The first-order valence-corrected chi connectivity index (χ1v) is 8.10. The van der Waals surface area contributed by atoms with Gasteiger partial charge in [0, 0.05) is 24.5 Å². The standard InChI is InChI=1S/C19H22N2O3/c1-23-16-9-6-10-17(24-2)18(16)19(22)20-14-7-5-8-15(13-14)21-11-3-4-12-21/h5-10,13H,3-4,11-12H2,1-2H3,(H,20,22). The lowest BCUT2D eigenvalue weighted by atomic mass is 10.1. The third-order valence-electron chi connectivity index (χ3n) is 4.23. The predicted octanol–water partition coefficient (Wildman–Crippen LogP) is 3.56. The summed E-state index contributed by atoms with van der Waals surface area (Å²) in [6.07, 6.45) is 2.43. The van der Waals surface area contributed by atoms with Gasteiger partial charge in [0.2, 0.25) is 0 Å². The van der Waals surface area contributed by atoms with E-state index in [-0.39, 0.29) is 5.91 Å². The third kappa shape index (κ3) is 3.30. The van der Waals surface area contributed by atoms with E-state index in [4.69, 9.17) is 9.47 Å². The van der Waals surface area contributed by atoms with E-state index in [0.717, 1.165) is 24.5 Å². The molecular weight excluding hydrogens is 304 g/mol. The first kappa shape index (κ1) is 16.2. The van der Waals surface area contributed by atoms with Crippen LogP contribution in [0.5, 0.6) is 11.5 Å². The number of nitrogens with one attached hydrogen (secondary N) is 1. The van der Waals surface area contributed by atoms with Crippen molar-refractivity contribution in [3.63, 3.8) is 0 Å². The monoisotopic (exact) mass is 326 g/mol. The Kier molecular flexibility index (Phi) is 4.89. The highest BCUT2D eigenvalue weighted by atomic mass is 16.5. The third-order valence-corrected chi connectivity index (χ3v) is 4.23. The molecular formula is C19H22N2O3. The van der Waals surface area contributed by atoms with E-state index < -0.39 is 0 Å². The molecule has 1 fully saturated rings. The van der Waals surface area contributed by atoms with Gasteiger partial charge in [-0.2, -0.15) is 0 Å². The van der Waals surface area contributed by atoms with Crippen molar-refractivity contribution in [2.24, 2.45) is 0 Å². The number of carbonyl (C=O) groups excluding carboxylic acids is 1. The van der Waals surface area contributed by atoms with Gasteiger partial charge in [0.1, 0.15) is 17.1 Å². The van der Waals surface area contributed by atoms with Crippen LogP contribution in [-0.4, -0.2) is 33.2 Å². The average Bonchev–Trinajstić information content (AvgIpc) is 3.15. The Morgan fingerprint density at radius 2 is 1.62 bits per heavy atom. The van der Waals surface area contributed by atoms with Crippen molar-refractivity contribution in [2.45, 2.75) is 12.8 Å². The fraction of sp³-hybridized carbons (Fsp3) is 0.316. The summed E-state index contributed by atoms with van der Waals surface area (Å²) < 4.78 is 10.6. The smallest absolute Gasteiger partial charge is 0.263 e. The molecule has 0 spiro atoms. The molecule has 0 aromatic heterocycles. The number of methoxy groups -OCH3 is 2. The zero-order valence-electron chi connectivity index (χ0n) is 14.0. The van der Waals surface area contributed by atoms with Crippen LogP contribution in [0.3, 0.4) is 0 Å². The number of ether oxygens (including phenoxy) is 2. The summed E-state index contributed by atoms with van der Waals surface area (Å²) >= 11 is 0. The van der Waals surface area contributed by atoms with Crippen LogP contribution in [0.4, 0.5) is 11.4 Å². The lowest BCUT2D eigenvalue weighted by Crippen LogP contribution is -2.18. The normalized spacial score (nSPS) is 13.7. The van der Waals surface area contributed by atoms with E-state index in [1.54, 1.807) is 32.4 Å². The molecule has 5 nitrogen and oxygen atoms in total. The molecule has 126 valence electrons. The number of amides is 1. The first-order chi connectivity index (χ1) is 11.7. The van der Waals surface area contributed by atoms with E-state index >= 15 is 0 Å². The van der Waals surface area contributed by atoms with Crippen molar-refractivity contribution < 1.29 is 14.3 Å². The average molecular weight is 326 g/mol. The van der Waals surface area contributed by atoms with E-state index in [1.807, 2.05) is 18.2 Å². The number of carbonyl (C=O) groups is 1. The number of hydrogen-bond donors (Lipinski definition) is 1. The summed E-state index contributed by atoms with van der Waals surface area (Å²) in [5.74, 6) is 0.730. The number of hydrogen-bond acceptors (Lipinski definition) is 4. The van der Waals surface area contributed by atoms with E-state index in [9.17, 15) is 4.79 Å². The Morgan fingerprint density at radius 3 is 2.25 bits per heavy atom. The van der Waals surface area contributed by atoms with Crippen molar-refractivity contribution >= 4 is 17.3 Å². The number of nitrogens with zero attached hydrogens (tertiary/aromatic N) is 1. The predicted molar refractivity (Wildman–Crippen MR) is 95.4 cm³/mol. The molecule has 5 heteroatoms. The largest absolute Gasteiger partial charge is 0.496 e. The maximum absolute atomic E-state index is 12.7. The van der Waals surface area contributed by atoms with E-state index in [0.29, 0.717) is 17.1 Å². The fourth-order valence-corrected chi connectivity index (χ4v) is 3.02. The van der Waals surface area contributed by atoms with Crippen LogP contribution in [0, 0.1) is 0 Å². The molecule has 2 aromatic carbocycles. The highest BCUT2D eigenvalue weighted by Gasteiger charge is 2.19. The van der Waals surface area contributed by atoms with Gasteiger partial charge in [0.25, 0.3) is 5.91 Å². The SMILES string of the molecule is COc1cccc(OC)c1C(=O)Nc1cccc(N2CCCC2)c1. The van der Waals surface area contributed by atoms with Gasteiger partial charge >= 0.3 is 0 Å². The second kappa shape index (κ2) is 7.25. The van der Waals surface area contributed by atoms with Crippen molar-refractivity contribution in [1.29, 1.82) is 0 Å². The molecule has 2 aromatic rings. The van der Waals surface area contributed by atoms with Gasteiger partial charge in [-0.15, -0.1) is 0 Å². The minimum Gasteiger partial charge on any atom is -0.496 e. The van der Waals surface area contributed by atoms with Crippen molar-refractivity contribution in [3.05, 3.63) is 48.0 Å². The molecule has 24 heavy (non-hydrogen) atoms. The number of benzene rings is 2. The second-order valence-electron chi connectivity index (χ2n) is 5.74. The molecule has 3 rings (SSSR count). The Balaban J connectivity index is 1.84. The van der Waals surface area contributed by atoms with Crippen LogP contribution in [0.1, 0.15) is 23.2 Å². The maximum atomic E-state index is 12.7. The van der Waals surface area contributed by atoms with Crippen LogP contribution in [0.2, 0.25) is 0 Å². The topological polar surface area (TPSA) is 50.8 Å². The maximum Gasteiger partial charge on any atom is 0.263 e. The molecule has 1 heterocycles. The second-order valence-corrected chi connectivity index (χ2v) is 5.74. The fourth-order valence-electron chi connectivity index (χ4n) is 3.02. The summed E-state index contributed by atoms with van der Waals surface area (Å²) in [5.41, 5.74) is 2.30. The highest BCUT2D eigenvalue weighted by Crippen LogP contribution is 2.30. The summed E-state index contributed by atoms with van der Waals surface area (Å²) in [5, 5.41) is 2.95. The van der Waals surface area contributed by atoms with Gasteiger partial charge in [-0.05, 0) is 43.2 Å². The van der Waals surface area contributed by atoms with E-state index in [1.165, 1.54) is 12.8 Å². The van der Waals surface area contributed by atoms with Gasteiger partial charge in [0.15, 0.2) is 0 Å². The molecule has 0 aliphatic carbocycles. The van der Waals surface area contributed by atoms with Crippen molar-refractivity contribution in [2.75, 3.05) is 37.5 Å². The molecule has 1 aliphatic heterocycles. The summed E-state index contributed by atoms with van der Waals surface area (Å²) in [4.78, 5) is 15.1. The molecule has 0 radical (unpaired) electrons. The molecule has 0 bridgehead atoms. The van der Waals surface area contributed by atoms with Crippen LogP contribution < -0.4 is 19.7 Å². The Morgan fingerprint density at radius 1 is 1.00 bits per heavy atom. The molecule has 1 aliphatic rings. The summed E-state index contributed by atoms with van der Waals surface area (Å²) in [6, 6.07) is 13.2. The van der Waals surface area contributed by atoms with Crippen LogP contribution in [0.25, 0.3) is 0 Å². The van der Waals surface area contributed by atoms with Crippen LogP contribution in [-0.2, 0) is 0 Å². The Hall–Kier alpha value is -2.69. The zero-order valence-corrected chi connectivity index (χ0v) is 14.0. The first-order valence-electron chi connectivity index (χ1n) is 8.10. The van der Waals surface area contributed by atoms with Gasteiger partial charge in [0.05, 0.1) is 14.2 Å². The van der Waals surface area contributed by atoms with Crippen molar-refractivity contribution in [3.8, 4) is 11.5 Å². The van der Waals surface area contributed by atoms with Gasteiger partial charge in [-0.1, -0.05) is 12.1 Å². The minimum absolute atomic E-state index is 0.247. The lowest BCUT2D eigenvalue weighted by Gasteiger charge is -2.19. The van der Waals surface area contributed by atoms with Crippen LogP contribution in [0.15, 0.2) is 42.5 Å². The van der Waals surface area contributed by atoms with Gasteiger partial charge < -0.3 is 19.7 Å². The minimum atomic E-state index is -0.247. The van der Waals surface area contributed by atoms with Crippen LogP contribution >= 0.6 is 0 Å². The molecule has 0 unspecified atom stereocenters. The van der Waals surface area contributed by atoms with Crippen molar-refractivity contribution in [1.82, 2.24) is 0 Å². The zero-order chi connectivity index (χ0) is 16.9. The summed E-state index contributed by atoms with van der Waals surface area (Å²) in [6.45, 7) is 2.13. The van der Waals surface area contributed by atoms with Gasteiger partial charge in [-0.25, -0.2) is 0 Å². The number of rotatable bonds is 5. The molecule has 0 atom stereocenters. The molecule has 1 saturated heterocycles. The Bertz CT molecular complexity index is 702. The quantitative estimate of drug-likeness (QED) is 0.913. The number of anilines is 2. The molecule has 1 amide bonds. The Labute approximate surface area is 142 Å². The lowest BCUT2D eigenvalue weighted by molar-refractivity contribution is 0.102. The molecule has 0 saturated carbocycles. The highest BCUT2D eigenvalue weighted by molar-refractivity contribution is 6.08. The van der Waals surface area contributed by atoms with Gasteiger partial charge in [-0.3, -0.25) is 4.79 Å². The van der Waals surface area contributed by atoms with E-state index in [2.05, 4.69) is 16.3 Å². The summed E-state index contributed by atoms with van der Waals surface area (Å²) in [7, 11) is 3.08.